The van der Waals surface area contributed by atoms with Crippen LogP contribution in [0.4, 0.5) is 6.01 Å². The van der Waals surface area contributed by atoms with Crippen molar-refractivity contribution < 1.29 is 4.42 Å². The van der Waals surface area contributed by atoms with Crippen molar-refractivity contribution in [2.75, 3.05) is 11.6 Å². The first-order chi connectivity index (χ1) is 8.24. The smallest absolute Gasteiger partial charge is 0.313 e. The van der Waals surface area contributed by atoms with Crippen molar-refractivity contribution in [3.63, 3.8) is 0 Å². The number of aromatic nitrogens is 1. The second-order valence-corrected chi connectivity index (χ2v) is 3.87. The predicted molar refractivity (Wildman–Crippen MR) is 68.5 cm³/mol. The quantitative estimate of drug-likeness (QED) is 0.490. The molecule has 2 aromatic rings. The zero-order valence-electron chi connectivity index (χ0n) is 9.13. The molecule has 0 saturated heterocycles. The van der Waals surface area contributed by atoms with E-state index < -0.39 is 0 Å². The van der Waals surface area contributed by atoms with E-state index in [0.717, 1.165) is 11.1 Å². The maximum absolute atomic E-state index is 8.48. The van der Waals surface area contributed by atoms with E-state index in [1.54, 1.807) is 0 Å². The molecule has 0 saturated carbocycles. The molecule has 6 heteroatoms. The Morgan fingerprint density at radius 3 is 3.06 bits per heavy atom. The lowest BCUT2D eigenvalue weighted by molar-refractivity contribution is 0.573. The molecule has 0 aliphatic heterocycles. The van der Waals surface area contributed by atoms with Crippen molar-refractivity contribution in [2.45, 2.75) is 12.2 Å². The standard InChI is InChI=1S/C11H12N4OS/c12-4-1-5-15(13)11-14-9-6-8(7-17)2-3-10(9)16-11/h2-3,6,17H,1,5,7,13H2. The highest BCUT2D eigenvalue weighted by Crippen LogP contribution is 2.22. The van der Waals surface area contributed by atoms with Crippen LogP contribution in [0.3, 0.4) is 0 Å². The highest BCUT2D eigenvalue weighted by atomic mass is 32.1. The Bertz CT molecular complexity index is 560. The molecule has 1 aromatic heterocycles. The number of fused-ring (bicyclic) bond motifs is 1. The van der Waals surface area contributed by atoms with Crippen LogP contribution in [0.1, 0.15) is 12.0 Å². The molecule has 0 aliphatic carbocycles. The Morgan fingerprint density at radius 2 is 2.35 bits per heavy atom. The van der Waals surface area contributed by atoms with Crippen molar-refractivity contribution in [1.82, 2.24) is 4.98 Å². The lowest BCUT2D eigenvalue weighted by Gasteiger charge is -2.10. The number of oxazole rings is 1. The molecule has 2 N–H and O–H groups in total. The van der Waals surface area contributed by atoms with Crippen molar-refractivity contribution >= 4 is 29.7 Å². The second-order valence-electron chi connectivity index (χ2n) is 3.56. The van der Waals surface area contributed by atoms with E-state index in [9.17, 15) is 0 Å². The van der Waals surface area contributed by atoms with Gasteiger partial charge in [0.2, 0.25) is 0 Å². The van der Waals surface area contributed by atoms with Crippen LogP contribution in [0.5, 0.6) is 0 Å². The van der Waals surface area contributed by atoms with E-state index >= 15 is 0 Å². The number of nitrogens with zero attached hydrogens (tertiary/aromatic N) is 3. The summed E-state index contributed by atoms with van der Waals surface area (Å²) in [6, 6.07) is 8.03. The van der Waals surface area contributed by atoms with Crippen LogP contribution in [0.15, 0.2) is 22.6 Å². The Morgan fingerprint density at radius 1 is 1.53 bits per heavy atom. The normalized spacial score (nSPS) is 10.4. The van der Waals surface area contributed by atoms with Crippen LogP contribution < -0.4 is 10.9 Å². The summed E-state index contributed by atoms with van der Waals surface area (Å²) in [5.41, 5.74) is 2.50. The van der Waals surface area contributed by atoms with Gasteiger partial charge in [0.15, 0.2) is 5.58 Å². The number of thiol groups is 1. The summed E-state index contributed by atoms with van der Waals surface area (Å²) in [6.07, 6.45) is 0.330. The lowest BCUT2D eigenvalue weighted by atomic mass is 10.2. The molecule has 0 amide bonds. The van der Waals surface area contributed by atoms with Crippen LogP contribution in [0, 0.1) is 11.3 Å². The first kappa shape index (κ1) is 11.8. The van der Waals surface area contributed by atoms with E-state index in [0.29, 0.717) is 30.3 Å². The molecule has 1 aromatic carbocycles. The summed E-state index contributed by atoms with van der Waals surface area (Å²) in [5.74, 6) is 6.38. The Kier molecular flexibility index (Phi) is 3.52. The van der Waals surface area contributed by atoms with E-state index in [4.69, 9.17) is 15.5 Å². The summed E-state index contributed by atoms with van der Waals surface area (Å²) in [6.45, 7) is 0.392. The molecule has 88 valence electrons. The molecule has 1 heterocycles. The predicted octanol–water partition coefficient (Wildman–Crippen LogP) is 1.85. The maximum atomic E-state index is 8.48. The Hall–Kier alpha value is -1.71. The number of nitrogens with two attached hydrogens (primary N) is 1. The molecule has 17 heavy (non-hydrogen) atoms. The van der Waals surface area contributed by atoms with Gasteiger partial charge in [0.1, 0.15) is 5.52 Å². The molecule has 2 rings (SSSR count). The largest absolute Gasteiger partial charge is 0.422 e. The van der Waals surface area contributed by atoms with Gasteiger partial charge in [0, 0.05) is 5.75 Å². The molecule has 0 spiro atoms. The van der Waals surface area contributed by atoms with Gasteiger partial charge in [-0.15, -0.1) is 0 Å². The minimum Gasteiger partial charge on any atom is -0.422 e. The van der Waals surface area contributed by atoms with Crippen LogP contribution in [-0.2, 0) is 5.75 Å². The van der Waals surface area contributed by atoms with E-state index in [2.05, 4.69) is 17.6 Å². The third-order valence-corrected chi connectivity index (χ3v) is 2.70. The Labute approximate surface area is 104 Å². The molecular formula is C11H12N4OS. The molecule has 0 fully saturated rings. The Balaban J connectivity index is 2.28. The van der Waals surface area contributed by atoms with Gasteiger partial charge < -0.3 is 4.42 Å². The summed E-state index contributed by atoms with van der Waals surface area (Å²) in [5, 5.41) is 9.82. The summed E-state index contributed by atoms with van der Waals surface area (Å²) < 4.78 is 5.48. The van der Waals surface area contributed by atoms with Gasteiger partial charge in [-0.1, -0.05) is 6.07 Å². The van der Waals surface area contributed by atoms with Gasteiger partial charge in [-0.05, 0) is 17.7 Å². The van der Waals surface area contributed by atoms with Crippen LogP contribution >= 0.6 is 12.6 Å². The molecule has 0 bridgehead atoms. The van der Waals surface area contributed by atoms with Crippen molar-refractivity contribution in [3.05, 3.63) is 23.8 Å². The fourth-order valence-electron chi connectivity index (χ4n) is 1.45. The number of anilines is 1. The fourth-order valence-corrected chi connectivity index (χ4v) is 1.64. The molecule has 0 aliphatic rings. The third kappa shape index (κ3) is 2.52. The van der Waals surface area contributed by atoms with E-state index in [-0.39, 0.29) is 0 Å². The monoisotopic (exact) mass is 248 g/mol. The second kappa shape index (κ2) is 5.08. The van der Waals surface area contributed by atoms with E-state index in [1.165, 1.54) is 5.01 Å². The number of benzene rings is 1. The van der Waals surface area contributed by atoms with Crippen LogP contribution in [-0.4, -0.2) is 11.5 Å². The van der Waals surface area contributed by atoms with E-state index in [1.807, 2.05) is 24.3 Å². The lowest BCUT2D eigenvalue weighted by Crippen LogP contribution is -2.31. The average molecular weight is 248 g/mol. The minimum absolute atomic E-state index is 0.326. The highest BCUT2D eigenvalue weighted by Gasteiger charge is 2.10. The molecule has 0 atom stereocenters. The highest BCUT2D eigenvalue weighted by molar-refractivity contribution is 7.79. The average Bonchev–Trinajstić information content (AvgIpc) is 2.78. The first-order valence-electron chi connectivity index (χ1n) is 5.14. The van der Waals surface area contributed by atoms with Crippen molar-refractivity contribution in [2.24, 2.45) is 5.84 Å². The molecule has 0 radical (unpaired) electrons. The summed E-state index contributed by atoms with van der Waals surface area (Å²) in [4.78, 5) is 4.27. The van der Waals surface area contributed by atoms with Gasteiger partial charge in [-0.25, -0.2) is 5.84 Å². The number of hydrogen-bond acceptors (Lipinski definition) is 6. The van der Waals surface area contributed by atoms with Crippen LogP contribution in [0.25, 0.3) is 11.1 Å². The van der Waals surface area contributed by atoms with Gasteiger partial charge in [0.05, 0.1) is 19.0 Å². The van der Waals surface area contributed by atoms with Gasteiger partial charge in [-0.3, -0.25) is 5.01 Å². The number of hydrogen-bond donors (Lipinski definition) is 2. The molecule has 5 nitrogen and oxygen atoms in total. The summed E-state index contributed by atoms with van der Waals surface area (Å²) >= 11 is 4.20. The van der Waals surface area contributed by atoms with Crippen LogP contribution in [0.2, 0.25) is 0 Å². The number of nitriles is 1. The van der Waals surface area contributed by atoms with Gasteiger partial charge in [-0.2, -0.15) is 22.9 Å². The number of hydrazine groups is 1. The fraction of sp³-hybridized carbons (Fsp3) is 0.273. The zero-order chi connectivity index (χ0) is 12.3. The minimum atomic E-state index is 0.326. The third-order valence-electron chi connectivity index (χ3n) is 2.33. The molecular weight excluding hydrogens is 236 g/mol. The maximum Gasteiger partial charge on any atom is 0.313 e. The zero-order valence-corrected chi connectivity index (χ0v) is 10.0. The number of rotatable bonds is 4. The van der Waals surface area contributed by atoms with Gasteiger partial charge >= 0.3 is 6.01 Å². The van der Waals surface area contributed by atoms with Crippen molar-refractivity contribution in [1.29, 1.82) is 5.26 Å². The van der Waals surface area contributed by atoms with Crippen molar-refractivity contribution in [3.8, 4) is 6.07 Å². The topological polar surface area (TPSA) is 79.1 Å². The first-order valence-corrected chi connectivity index (χ1v) is 5.77. The molecule has 0 unspecified atom stereocenters. The SMILES string of the molecule is N#CCCN(N)c1nc2cc(CS)ccc2o1. The summed E-state index contributed by atoms with van der Waals surface area (Å²) in [7, 11) is 0. The van der Waals surface area contributed by atoms with Gasteiger partial charge in [0.25, 0.3) is 0 Å².